The van der Waals surface area contributed by atoms with Gasteiger partial charge in [0.15, 0.2) is 22.3 Å². The minimum absolute atomic E-state index is 0.00423. The van der Waals surface area contributed by atoms with Gasteiger partial charge in [0.2, 0.25) is 0 Å². The van der Waals surface area contributed by atoms with Crippen molar-refractivity contribution in [1.82, 2.24) is 33.4 Å². The first kappa shape index (κ1) is 21.9. The summed E-state index contributed by atoms with van der Waals surface area (Å²) >= 11 is 0. The van der Waals surface area contributed by atoms with Crippen molar-refractivity contribution in [3.05, 3.63) is 54.1 Å². The van der Waals surface area contributed by atoms with Gasteiger partial charge in [0.05, 0.1) is 23.8 Å². The van der Waals surface area contributed by atoms with Crippen LogP contribution in [0.15, 0.2) is 41.9 Å². The number of nitrogens with zero attached hydrogens (tertiary/aromatic N) is 8. The van der Waals surface area contributed by atoms with Crippen LogP contribution in [0.3, 0.4) is 0 Å². The molecule has 4 aromatic rings. The van der Waals surface area contributed by atoms with E-state index in [0.717, 1.165) is 0 Å². The average Bonchev–Trinajstić information content (AvgIpc) is 3.54. The molecule has 1 aliphatic rings. The number of fused-ring (bicyclic) bond motifs is 1. The van der Waals surface area contributed by atoms with E-state index in [-0.39, 0.29) is 45.8 Å². The SMILES string of the molecule is Cn1cnc(S(=O)(=O)N2CCCC2Cc2nc3c(N)nc(-c4cccc(C#N)c4F)cn3n2)c1. The molecular weight excluding hydrogens is 461 g/mol. The van der Waals surface area contributed by atoms with Gasteiger partial charge in [-0.25, -0.2) is 32.3 Å². The van der Waals surface area contributed by atoms with Crippen molar-refractivity contribution in [2.45, 2.75) is 30.3 Å². The van der Waals surface area contributed by atoms with E-state index in [4.69, 9.17) is 11.0 Å². The number of sulfonamides is 1. The summed E-state index contributed by atoms with van der Waals surface area (Å²) in [6.07, 6.45) is 6.06. The van der Waals surface area contributed by atoms with E-state index in [1.807, 2.05) is 0 Å². The number of rotatable bonds is 5. The Bertz CT molecular complexity index is 1550. The van der Waals surface area contributed by atoms with E-state index in [9.17, 15) is 12.8 Å². The van der Waals surface area contributed by atoms with Gasteiger partial charge in [-0.05, 0) is 25.0 Å². The van der Waals surface area contributed by atoms with Crippen LogP contribution in [0.5, 0.6) is 0 Å². The predicted octanol–water partition coefficient (Wildman–Crippen LogP) is 1.51. The largest absolute Gasteiger partial charge is 0.381 e. The number of nitriles is 1. The molecular formula is C21H20FN9O2S. The molecule has 4 heterocycles. The first-order chi connectivity index (χ1) is 16.3. The Balaban J connectivity index is 1.46. The van der Waals surface area contributed by atoms with Gasteiger partial charge in [0.25, 0.3) is 10.0 Å². The first-order valence-electron chi connectivity index (χ1n) is 10.5. The average molecular weight is 482 g/mol. The molecule has 1 aliphatic heterocycles. The molecule has 174 valence electrons. The van der Waals surface area contributed by atoms with Crippen LogP contribution in [0.4, 0.5) is 10.2 Å². The molecule has 3 aromatic heterocycles. The fourth-order valence-electron chi connectivity index (χ4n) is 4.17. The van der Waals surface area contributed by atoms with Crippen LogP contribution >= 0.6 is 0 Å². The lowest BCUT2D eigenvalue weighted by molar-refractivity contribution is 0.380. The number of nitrogens with two attached hydrogens (primary N) is 1. The third-order valence-corrected chi connectivity index (χ3v) is 7.62. The van der Waals surface area contributed by atoms with Gasteiger partial charge in [0, 0.05) is 37.8 Å². The highest BCUT2D eigenvalue weighted by Gasteiger charge is 2.37. The zero-order chi connectivity index (χ0) is 24.0. The number of nitrogen functional groups attached to an aromatic ring is 1. The van der Waals surface area contributed by atoms with E-state index >= 15 is 0 Å². The highest BCUT2D eigenvalue weighted by Crippen LogP contribution is 2.28. The van der Waals surface area contributed by atoms with E-state index in [0.29, 0.717) is 25.2 Å². The molecule has 1 atom stereocenters. The van der Waals surface area contributed by atoms with Crippen molar-refractivity contribution in [3.63, 3.8) is 0 Å². The zero-order valence-corrected chi connectivity index (χ0v) is 18.9. The molecule has 1 unspecified atom stereocenters. The minimum Gasteiger partial charge on any atom is -0.381 e. The van der Waals surface area contributed by atoms with Gasteiger partial charge in [0.1, 0.15) is 11.9 Å². The van der Waals surface area contributed by atoms with Crippen LogP contribution in [0.25, 0.3) is 16.9 Å². The van der Waals surface area contributed by atoms with E-state index in [2.05, 4.69) is 20.1 Å². The molecule has 1 aromatic carbocycles. The third kappa shape index (κ3) is 3.66. The Labute approximate surface area is 194 Å². The van der Waals surface area contributed by atoms with E-state index in [1.165, 1.54) is 39.7 Å². The normalized spacial score (nSPS) is 16.8. The van der Waals surface area contributed by atoms with Gasteiger partial charge < -0.3 is 10.3 Å². The smallest absolute Gasteiger partial charge is 0.262 e. The summed E-state index contributed by atoms with van der Waals surface area (Å²) in [6, 6.07) is 5.91. The van der Waals surface area contributed by atoms with Crippen molar-refractivity contribution in [2.75, 3.05) is 12.3 Å². The second kappa shape index (κ2) is 8.15. The van der Waals surface area contributed by atoms with Crippen LogP contribution < -0.4 is 5.73 Å². The molecule has 2 N–H and O–H groups in total. The summed E-state index contributed by atoms with van der Waals surface area (Å²) in [7, 11) is -2.03. The zero-order valence-electron chi connectivity index (χ0n) is 18.1. The Morgan fingerprint density at radius 2 is 2.12 bits per heavy atom. The number of anilines is 1. The van der Waals surface area contributed by atoms with Gasteiger partial charge in [-0.3, -0.25) is 0 Å². The van der Waals surface area contributed by atoms with Crippen molar-refractivity contribution in [2.24, 2.45) is 7.05 Å². The molecule has 0 saturated carbocycles. The van der Waals surface area contributed by atoms with E-state index in [1.54, 1.807) is 23.8 Å². The van der Waals surface area contributed by atoms with Crippen LogP contribution in [-0.2, 0) is 23.5 Å². The van der Waals surface area contributed by atoms with Gasteiger partial charge in [-0.2, -0.15) is 14.7 Å². The molecule has 5 rings (SSSR count). The molecule has 0 amide bonds. The van der Waals surface area contributed by atoms with Gasteiger partial charge >= 0.3 is 0 Å². The lowest BCUT2D eigenvalue weighted by Crippen LogP contribution is -2.37. The molecule has 0 aliphatic carbocycles. The quantitative estimate of drug-likeness (QED) is 0.451. The maximum atomic E-state index is 14.6. The lowest BCUT2D eigenvalue weighted by atomic mass is 10.1. The Morgan fingerprint density at radius 1 is 1.29 bits per heavy atom. The van der Waals surface area contributed by atoms with Crippen LogP contribution in [0.1, 0.15) is 24.2 Å². The summed E-state index contributed by atoms with van der Waals surface area (Å²) < 4.78 is 45.2. The number of imidazole rings is 1. The van der Waals surface area contributed by atoms with Crippen LogP contribution in [0.2, 0.25) is 0 Å². The summed E-state index contributed by atoms with van der Waals surface area (Å²) in [6.45, 7) is 0.388. The first-order valence-corrected chi connectivity index (χ1v) is 11.9. The van der Waals surface area contributed by atoms with Crippen molar-refractivity contribution < 1.29 is 12.8 Å². The fourth-order valence-corrected chi connectivity index (χ4v) is 5.83. The summed E-state index contributed by atoms with van der Waals surface area (Å²) in [5.41, 5.74) is 6.58. The molecule has 0 radical (unpaired) electrons. The molecule has 1 fully saturated rings. The topological polar surface area (TPSA) is 148 Å². The second-order valence-corrected chi connectivity index (χ2v) is 9.92. The molecule has 0 spiro atoms. The van der Waals surface area contributed by atoms with Crippen LogP contribution in [-0.4, -0.2) is 54.4 Å². The third-order valence-electron chi connectivity index (χ3n) is 5.78. The predicted molar refractivity (Wildman–Crippen MR) is 119 cm³/mol. The number of aryl methyl sites for hydroxylation is 1. The Hall–Kier alpha value is -3.89. The number of hydrogen-bond acceptors (Lipinski definition) is 8. The summed E-state index contributed by atoms with van der Waals surface area (Å²) in [4.78, 5) is 12.7. The van der Waals surface area contributed by atoms with Gasteiger partial charge in [-0.1, -0.05) is 6.07 Å². The Kier molecular flexibility index (Phi) is 5.26. The number of halogens is 1. The summed E-state index contributed by atoms with van der Waals surface area (Å²) in [5.74, 6) is -0.259. The summed E-state index contributed by atoms with van der Waals surface area (Å²) in [5, 5.41) is 13.5. The van der Waals surface area contributed by atoms with E-state index < -0.39 is 15.8 Å². The highest BCUT2D eigenvalue weighted by molar-refractivity contribution is 7.89. The lowest BCUT2D eigenvalue weighted by Gasteiger charge is -2.21. The molecule has 0 bridgehead atoms. The van der Waals surface area contributed by atoms with Crippen molar-refractivity contribution in [3.8, 4) is 17.3 Å². The molecule has 11 nitrogen and oxygen atoms in total. The number of aromatic nitrogens is 6. The fraction of sp³-hybridized carbons (Fsp3) is 0.286. The monoisotopic (exact) mass is 481 g/mol. The standard InChI is InChI=1S/C21H20FN9O2S/c1-29-11-18(25-12-29)34(32,33)31-7-3-5-14(31)8-17-27-21-20(24)26-16(10-30(21)28-17)15-6-2-4-13(9-23)19(15)22/h2,4,6,10-12,14H,3,5,7-8H2,1H3,(H2,24,26). The van der Waals surface area contributed by atoms with Crippen molar-refractivity contribution in [1.29, 1.82) is 5.26 Å². The second-order valence-electron chi connectivity index (χ2n) is 8.08. The Morgan fingerprint density at radius 3 is 2.85 bits per heavy atom. The number of benzene rings is 1. The maximum absolute atomic E-state index is 14.6. The van der Waals surface area contributed by atoms with Gasteiger partial charge in [-0.15, -0.1) is 0 Å². The number of hydrogen-bond donors (Lipinski definition) is 1. The minimum atomic E-state index is -3.75. The maximum Gasteiger partial charge on any atom is 0.262 e. The molecule has 1 saturated heterocycles. The van der Waals surface area contributed by atoms with Crippen LogP contribution in [0, 0.1) is 17.1 Å². The molecule has 13 heteroatoms. The molecule has 34 heavy (non-hydrogen) atoms. The highest BCUT2D eigenvalue weighted by atomic mass is 32.2. The van der Waals surface area contributed by atoms with Crippen molar-refractivity contribution >= 4 is 21.5 Å².